The van der Waals surface area contributed by atoms with Crippen molar-refractivity contribution in [1.82, 2.24) is 15.1 Å². The van der Waals surface area contributed by atoms with Gasteiger partial charge in [-0.3, -0.25) is 9.48 Å². The molecular weight excluding hydrogens is 238 g/mol. The normalized spacial score (nSPS) is 11.6. The molecule has 0 aromatic carbocycles. The van der Waals surface area contributed by atoms with E-state index in [1.54, 1.807) is 0 Å². The Morgan fingerprint density at radius 3 is 2.47 bits per heavy atom. The highest BCUT2D eigenvalue weighted by atomic mass is 35.5. The summed E-state index contributed by atoms with van der Waals surface area (Å²) in [5.41, 5.74) is 2.57. The molecule has 1 heterocycles. The highest BCUT2D eigenvalue weighted by molar-refractivity contribution is 6.19. The standard InChI is InChI=1S/C12H20ClN3O/c1-8-10(9(2)16(5)15-8)6-14-11(17)12(3,4)7-13/h6-7H2,1-5H3,(H,14,17). The summed E-state index contributed by atoms with van der Waals surface area (Å²) in [5, 5.41) is 7.22. The van der Waals surface area contributed by atoms with E-state index in [4.69, 9.17) is 11.6 Å². The zero-order valence-electron chi connectivity index (χ0n) is 11.1. The van der Waals surface area contributed by atoms with Gasteiger partial charge in [0.15, 0.2) is 0 Å². The lowest BCUT2D eigenvalue weighted by Gasteiger charge is -2.20. The maximum absolute atomic E-state index is 11.9. The molecule has 0 unspecified atom stereocenters. The van der Waals surface area contributed by atoms with Crippen LogP contribution >= 0.6 is 11.6 Å². The summed E-state index contributed by atoms with van der Waals surface area (Å²) in [6.45, 7) is 8.11. The molecule has 0 aliphatic carbocycles. The Hall–Kier alpha value is -1.03. The van der Waals surface area contributed by atoms with Gasteiger partial charge in [-0.05, 0) is 27.7 Å². The molecule has 1 amide bonds. The first-order valence-corrected chi connectivity index (χ1v) is 6.16. The SMILES string of the molecule is Cc1nn(C)c(C)c1CNC(=O)C(C)(C)CCl. The van der Waals surface area contributed by atoms with Crippen LogP contribution in [0.3, 0.4) is 0 Å². The van der Waals surface area contributed by atoms with Crippen LogP contribution in [0.15, 0.2) is 0 Å². The first-order chi connectivity index (χ1) is 7.79. The minimum Gasteiger partial charge on any atom is -0.351 e. The number of aromatic nitrogens is 2. The predicted molar refractivity (Wildman–Crippen MR) is 69.0 cm³/mol. The Labute approximate surface area is 107 Å². The number of nitrogens with zero attached hydrogens (tertiary/aromatic N) is 2. The summed E-state index contributed by atoms with van der Waals surface area (Å²) >= 11 is 5.76. The van der Waals surface area contributed by atoms with Crippen molar-refractivity contribution in [2.45, 2.75) is 34.2 Å². The molecule has 0 bridgehead atoms. The Kier molecular flexibility index (Phi) is 4.20. The lowest BCUT2D eigenvalue weighted by molar-refractivity contribution is -0.128. The molecule has 0 fully saturated rings. The van der Waals surface area contributed by atoms with Gasteiger partial charge in [0.2, 0.25) is 5.91 Å². The van der Waals surface area contributed by atoms with Crippen molar-refractivity contribution in [1.29, 1.82) is 0 Å². The van der Waals surface area contributed by atoms with Crippen LogP contribution in [0.1, 0.15) is 30.8 Å². The third-order valence-corrected chi connectivity index (χ3v) is 3.70. The summed E-state index contributed by atoms with van der Waals surface area (Å²) in [4.78, 5) is 11.9. The number of carbonyl (C=O) groups is 1. The second-order valence-electron chi connectivity index (χ2n) is 4.97. The molecule has 1 rings (SSSR count). The van der Waals surface area contributed by atoms with Crippen LogP contribution < -0.4 is 5.32 Å². The van der Waals surface area contributed by atoms with Crippen LogP contribution in [-0.2, 0) is 18.4 Å². The fourth-order valence-corrected chi connectivity index (χ4v) is 1.66. The summed E-state index contributed by atoms with van der Waals surface area (Å²) in [7, 11) is 1.90. The predicted octanol–water partition coefficient (Wildman–Crippen LogP) is 1.92. The van der Waals surface area contributed by atoms with Gasteiger partial charge in [0, 0.05) is 30.7 Å². The molecule has 1 N–H and O–H groups in total. The van der Waals surface area contributed by atoms with Crippen molar-refractivity contribution >= 4 is 17.5 Å². The molecule has 5 heteroatoms. The van der Waals surface area contributed by atoms with E-state index in [0.29, 0.717) is 12.4 Å². The van der Waals surface area contributed by atoms with Crippen molar-refractivity contribution in [2.24, 2.45) is 12.5 Å². The van der Waals surface area contributed by atoms with Crippen molar-refractivity contribution in [2.75, 3.05) is 5.88 Å². The van der Waals surface area contributed by atoms with Gasteiger partial charge in [-0.15, -0.1) is 11.6 Å². The first kappa shape index (κ1) is 14.0. The van der Waals surface area contributed by atoms with Crippen LogP contribution in [-0.4, -0.2) is 21.6 Å². The quantitative estimate of drug-likeness (QED) is 0.838. The third kappa shape index (κ3) is 3.00. The molecule has 1 aromatic rings. The van der Waals surface area contributed by atoms with Gasteiger partial charge in [-0.1, -0.05) is 0 Å². The Bertz CT molecular complexity index is 424. The minimum atomic E-state index is -0.536. The molecule has 4 nitrogen and oxygen atoms in total. The van der Waals surface area contributed by atoms with Gasteiger partial charge >= 0.3 is 0 Å². The monoisotopic (exact) mass is 257 g/mol. The summed E-state index contributed by atoms with van der Waals surface area (Å²) in [5.74, 6) is 0.277. The van der Waals surface area contributed by atoms with E-state index in [9.17, 15) is 4.79 Å². The average molecular weight is 258 g/mol. The summed E-state index contributed by atoms with van der Waals surface area (Å²) < 4.78 is 1.82. The lowest BCUT2D eigenvalue weighted by atomic mass is 9.95. The maximum atomic E-state index is 11.9. The van der Waals surface area contributed by atoms with Gasteiger partial charge in [0.25, 0.3) is 0 Å². The minimum absolute atomic E-state index is 0.0323. The van der Waals surface area contributed by atoms with Gasteiger partial charge < -0.3 is 5.32 Å². The van der Waals surface area contributed by atoms with E-state index in [1.807, 2.05) is 39.4 Å². The smallest absolute Gasteiger partial charge is 0.227 e. The average Bonchev–Trinajstić information content (AvgIpc) is 2.50. The van der Waals surface area contributed by atoms with Gasteiger partial charge in [0.05, 0.1) is 11.1 Å². The van der Waals surface area contributed by atoms with Crippen molar-refractivity contribution in [3.05, 3.63) is 17.0 Å². The van der Waals surface area contributed by atoms with Crippen LogP contribution in [0.5, 0.6) is 0 Å². The number of hydrogen-bond acceptors (Lipinski definition) is 2. The van der Waals surface area contributed by atoms with Gasteiger partial charge in [-0.25, -0.2) is 0 Å². The fourth-order valence-electron chi connectivity index (χ4n) is 1.54. The number of nitrogens with one attached hydrogen (secondary N) is 1. The second-order valence-corrected chi connectivity index (χ2v) is 5.24. The number of carbonyl (C=O) groups excluding carboxylic acids is 1. The molecular formula is C12H20ClN3O. The molecule has 17 heavy (non-hydrogen) atoms. The first-order valence-electron chi connectivity index (χ1n) is 5.63. The van der Waals surface area contributed by atoms with E-state index in [2.05, 4.69) is 10.4 Å². The molecule has 0 spiro atoms. The summed E-state index contributed by atoms with van der Waals surface area (Å²) in [6, 6.07) is 0. The van der Waals surface area contributed by atoms with Crippen LogP contribution in [0, 0.1) is 19.3 Å². The molecule has 0 aliphatic heterocycles. The number of halogens is 1. The van der Waals surface area contributed by atoms with E-state index >= 15 is 0 Å². The van der Waals surface area contributed by atoms with Crippen LogP contribution in [0.2, 0.25) is 0 Å². The highest BCUT2D eigenvalue weighted by Gasteiger charge is 2.26. The molecule has 1 aromatic heterocycles. The lowest BCUT2D eigenvalue weighted by Crippen LogP contribution is -2.37. The Morgan fingerprint density at radius 1 is 1.47 bits per heavy atom. The van der Waals surface area contributed by atoms with E-state index < -0.39 is 5.41 Å². The van der Waals surface area contributed by atoms with Gasteiger partial charge in [0.1, 0.15) is 0 Å². The third-order valence-electron chi connectivity index (χ3n) is 3.03. The van der Waals surface area contributed by atoms with E-state index in [-0.39, 0.29) is 5.91 Å². The van der Waals surface area contributed by atoms with E-state index in [1.165, 1.54) is 0 Å². The second kappa shape index (κ2) is 5.08. The van der Waals surface area contributed by atoms with E-state index in [0.717, 1.165) is 17.0 Å². The maximum Gasteiger partial charge on any atom is 0.227 e. The molecule has 0 radical (unpaired) electrons. The topological polar surface area (TPSA) is 46.9 Å². The van der Waals surface area contributed by atoms with Crippen LogP contribution in [0.25, 0.3) is 0 Å². The zero-order chi connectivity index (χ0) is 13.2. The molecule has 0 saturated carbocycles. The Balaban J connectivity index is 2.72. The zero-order valence-corrected chi connectivity index (χ0v) is 11.9. The fraction of sp³-hybridized carbons (Fsp3) is 0.667. The molecule has 96 valence electrons. The van der Waals surface area contributed by atoms with Crippen molar-refractivity contribution in [3.63, 3.8) is 0 Å². The van der Waals surface area contributed by atoms with Crippen LogP contribution in [0.4, 0.5) is 0 Å². The number of amides is 1. The van der Waals surface area contributed by atoms with Crippen molar-refractivity contribution in [3.8, 4) is 0 Å². The number of hydrogen-bond donors (Lipinski definition) is 1. The molecule has 0 aliphatic rings. The highest BCUT2D eigenvalue weighted by Crippen LogP contribution is 2.18. The summed E-state index contributed by atoms with van der Waals surface area (Å²) in [6.07, 6.45) is 0. The number of alkyl halides is 1. The number of rotatable bonds is 4. The molecule has 0 atom stereocenters. The Morgan fingerprint density at radius 2 is 2.06 bits per heavy atom. The largest absolute Gasteiger partial charge is 0.351 e. The number of aryl methyl sites for hydroxylation is 2. The van der Waals surface area contributed by atoms with Gasteiger partial charge in [-0.2, -0.15) is 5.10 Å². The van der Waals surface area contributed by atoms with Crippen molar-refractivity contribution < 1.29 is 4.79 Å². The molecule has 0 saturated heterocycles.